The van der Waals surface area contributed by atoms with E-state index in [0.717, 1.165) is 0 Å². The number of rotatable bonds is 7. The first-order valence-electron chi connectivity index (χ1n) is 7.90. The van der Waals surface area contributed by atoms with Crippen LogP contribution in [0.3, 0.4) is 0 Å². The topological polar surface area (TPSA) is 0 Å². The molecule has 0 bridgehead atoms. The van der Waals surface area contributed by atoms with Gasteiger partial charge in [-0.15, -0.1) is 0 Å². The van der Waals surface area contributed by atoms with E-state index in [1.165, 1.54) is 24.2 Å². The Kier molecular flexibility index (Phi) is 6.27. The van der Waals surface area contributed by atoms with E-state index < -0.39 is 14.7 Å². The summed E-state index contributed by atoms with van der Waals surface area (Å²) in [5.74, 6) is 0. The molecule has 0 N–H and O–H groups in total. The van der Waals surface area contributed by atoms with Crippen LogP contribution in [0.4, 0.5) is 0 Å². The lowest BCUT2D eigenvalue weighted by molar-refractivity contribution is 1.27. The van der Waals surface area contributed by atoms with Gasteiger partial charge >= 0.3 is 0 Å². The molecule has 3 heteroatoms. The maximum atomic E-state index is 2.68. The Morgan fingerprint density at radius 1 is 0.842 bits per heavy atom. The molecule has 0 aliphatic heterocycles. The fourth-order valence-corrected chi connectivity index (χ4v) is 41.3. The molecule has 0 aliphatic rings. The van der Waals surface area contributed by atoms with Crippen LogP contribution in [0.1, 0.15) is 27.7 Å². The van der Waals surface area contributed by atoms with Crippen molar-refractivity contribution in [2.24, 2.45) is 0 Å². The molecule has 0 spiro atoms. The molecule has 0 nitrogen and oxygen atoms in total. The second kappa shape index (κ2) is 7.04. The Bertz CT molecular complexity index is 365. The molecule has 1 radical (unpaired) electrons. The van der Waals surface area contributed by atoms with Crippen molar-refractivity contribution in [2.45, 2.75) is 65.0 Å². The van der Waals surface area contributed by atoms with Crippen molar-refractivity contribution in [1.29, 1.82) is 0 Å². The van der Waals surface area contributed by atoms with Gasteiger partial charge in [0.2, 0.25) is 0 Å². The number of hydrogen-bond donors (Lipinski definition) is 0. The molecule has 0 saturated heterocycles. The minimum absolute atomic E-state index is 0.126. The van der Waals surface area contributed by atoms with E-state index in [0.29, 0.717) is 0 Å². The van der Waals surface area contributed by atoms with Crippen LogP contribution in [0.2, 0.25) is 37.3 Å². The molecule has 0 fully saturated rings. The van der Waals surface area contributed by atoms with Gasteiger partial charge in [-0.3, -0.25) is 0 Å². The highest BCUT2D eigenvalue weighted by molar-refractivity contribution is 7.67. The zero-order chi connectivity index (χ0) is 14.5. The summed E-state index contributed by atoms with van der Waals surface area (Å²) in [5.41, 5.74) is 0. The van der Waals surface area contributed by atoms with Crippen LogP contribution in [0, 0.1) is 0 Å². The molecule has 1 rings (SSSR count). The Hall–Kier alpha value is -0.129. The zero-order valence-electron chi connectivity index (χ0n) is 13.7. The highest BCUT2D eigenvalue weighted by Gasteiger charge is 2.51. The van der Waals surface area contributed by atoms with Crippen LogP contribution < -0.4 is 5.19 Å². The van der Waals surface area contributed by atoms with Crippen molar-refractivity contribution < 1.29 is 0 Å². The van der Waals surface area contributed by atoms with Gasteiger partial charge in [0.05, 0.1) is 7.59 Å². The molecular formula is C16H31Si3. The first-order valence-corrected chi connectivity index (χ1v) is 17.2. The van der Waals surface area contributed by atoms with Crippen molar-refractivity contribution in [2.75, 3.05) is 0 Å². The summed E-state index contributed by atoms with van der Waals surface area (Å²) in [6.07, 6.45) is 0. The first-order chi connectivity index (χ1) is 9.00. The van der Waals surface area contributed by atoms with Gasteiger partial charge in [0.15, 0.2) is 0 Å². The molecule has 0 saturated carbocycles. The molecule has 0 unspecified atom stereocenters. The van der Waals surface area contributed by atoms with Gasteiger partial charge in [0.1, 0.15) is 0 Å². The summed E-state index contributed by atoms with van der Waals surface area (Å²) in [6, 6.07) is 17.5. The minimum Gasteiger partial charge on any atom is -0.0682 e. The van der Waals surface area contributed by atoms with E-state index in [1.807, 2.05) is 0 Å². The molecular weight excluding hydrogens is 276 g/mol. The molecule has 0 amide bonds. The predicted molar refractivity (Wildman–Crippen MR) is 97.0 cm³/mol. The van der Waals surface area contributed by atoms with Crippen molar-refractivity contribution in [3.63, 3.8) is 0 Å². The van der Waals surface area contributed by atoms with E-state index in [9.17, 15) is 0 Å². The third-order valence-electron chi connectivity index (χ3n) is 5.43. The predicted octanol–water partition coefficient (Wildman–Crippen LogP) is 4.78. The fraction of sp³-hybridized carbons (Fsp3) is 0.625. The molecule has 0 aliphatic carbocycles. The quantitative estimate of drug-likeness (QED) is 0.636. The van der Waals surface area contributed by atoms with Gasteiger partial charge in [0.25, 0.3) is 0 Å². The van der Waals surface area contributed by atoms with Crippen LogP contribution in [-0.2, 0) is 0 Å². The van der Waals surface area contributed by atoms with E-state index in [-0.39, 0.29) is 8.31 Å². The second-order valence-corrected chi connectivity index (χ2v) is 29.2. The Morgan fingerprint density at radius 2 is 1.32 bits per heavy atom. The normalized spacial score (nSPS) is 13.0. The van der Waals surface area contributed by atoms with Gasteiger partial charge in [-0.2, -0.15) is 0 Å². The molecule has 19 heavy (non-hydrogen) atoms. The van der Waals surface area contributed by atoms with Gasteiger partial charge in [0, 0.05) is 15.4 Å². The summed E-state index contributed by atoms with van der Waals surface area (Å²) in [5, 5.41) is 1.72. The number of hydrogen-bond acceptors (Lipinski definition) is 0. The molecule has 0 heterocycles. The Morgan fingerprint density at radius 3 is 1.68 bits per heavy atom. The van der Waals surface area contributed by atoms with Crippen LogP contribution in [-0.4, -0.2) is 23.0 Å². The highest BCUT2D eigenvalue weighted by Crippen LogP contribution is 2.32. The van der Waals surface area contributed by atoms with E-state index in [1.54, 1.807) is 5.19 Å². The van der Waals surface area contributed by atoms with Crippen LogP contribution in [0.15, 0.2) is 30.3 Å². The van der Waals surface area contributed by atoms with E-state index in [4.69, 9.17) is 0 Å². The van der Waals surface area contributed by atoms with Gasteiger partial charge < -0.3 is 0 Å². The monoisotopic (exact) mass is 307 g/mol. The summed E-state index contributed by atoms with van der Waals surface area (Å²) in [6.45, 7) is 15.3. The van der Waals surface area contributed by atoms with E-state index >= 15 is 0 Å². The third kappa shape index (κ3) is 2.98. The maximum Gasteiger partial charge on any atom is 0.0716 e. The smallest absolute Gasteiger partial charge is 0.0682 e. The van der Waals surface area contributed by atoms with Crippen LogP contribution in [0.25, 0.3) is 0 Å². The molecule has 1 aromatic rings. The van der Waals surface area contributed by atoms with Gasteiger partial charge in [-0.05, 0) is 0 Å². The average molecular weight is 308 g/mol. The Labute approximate surface area is 123 Å². The average Bonchev–Trinajstić information content (AvgIpc) is 2.45. The summed E-state index contributed by atoms with van der Waals surface area (Å²) in [7, 11) is -2.51. The Balaban J connectivity index is 3.31. The first kappa shape index (κ1) is 16.9. The van der Waals surface area contributed by atoms with Crippen molar-refractivity contribution >= 4 is 28.2 Å². The van der Waals surface area contributed by atoms with Crippen molar-refractivity contribution in [3.05, 3.63) is 30.3 Å². The highest BCUT2D eigenvalue weighted by atomic mass is 29.6. The minimum atomic E-state index is -1.28. The van der Waals surface area contributed by atoms with Gasteiger partial charge in [-0.1, -0.05) is 100 Å². The zero-order valence-corrected chi connectivity index (χ0v) is 16.7. The van der Waals surface area contributed by atoms with Crippen molar-refractivity contribution in [1.82, 2.24) is 0 Å². The van der Waals surface area contributed by atoms with Gasteiger partial charge in [-0.25, -0.2) is 0 Å². The standard InChI is InChI=1S/C16H31Si3/c1-7-17(8-2)19(9-3,10-4)18(5,6)16-14-12-11-13-15-16/h11-15H,7-10H2,1-6H3. The fourth-order valence-electron chi connectivity index (χ4n) is 4.13. The van der Waals surface area contributed by atoms with E-state index in [2.05, 4.69) is 71.1 Å². The number of benzene rings is 1. The largest absolute Gasteiger partial charge is 0.0716 e. The summed E-state index contributed by atoms with van der Waals surface area (Å²) >= 11 is 0. The second-order valence-electron chi connectivity index (χ2n) is 6.09. The van der Waals surface area contributed by atoms with Crippen LogP contribution in [0.5, 0.6) is 0 Å². The lowest BCUT2D eigenvalue weighted by atomic mass is 10.4. The maximum absolute atomic E-state index is 2.68. The SMILES string of the molecule is CC[Si](CC)[Si](CC)(CC)[Si](C)(C)c1ccccc1. The van der Waals surface area contributed by atoms with Crippen molar-refractivity contribution in [3.8, 4) is 0 Å². The molecule has 1 aromatic carbocycles. The molecule has 0 atom stereocenters. The summed E-state index contributed by atoms with van der Waals surface area (Å²) in [4.78, 5) is 0. The third-order valence-corrected chi connectivity index (χ3v) is 42.3. The van der Waals surface area contributed by atoms with Crippen LogP contribution >= 0.6 is 0 Å². The molecule has 107 valence electrons. The lowest BCUT2D eigenvalue weighted by Crippen LogP contribution is -2.72. The summed E-state index contributed by atoms with van der Waals surface area (Å²) < 4.78 is 0. The lowest BCUT2D eigenvalue weighted by Gasteiger charge is -2.48. The molecule has 0 aromatic heterocycles.